The average Bonchev–Trinajstić information content (AvgIpc) is 2.92. The third kappa shape index (κ3) is 5.07. The summed E-state index contributed by atoms with van der Waals surface area (Å²) < 4.78 is 46.8. The van der Waals surface area contributed by atoms with Crippen molar-refractivity contribution in [2.24, 2.45) is 0 Å². The van der Waals surface area contributed by atoms with Crippen LogP contribution >= 0.6 is 0 Å². The van der Waals surface area contributed by atoms with Gasteiger partial charge >= 0.3 is 6.18 Å². The van der Waals surface area contributed by atoms with Crippen molar-refractivity contribution >= 4 is 5.91 Å². The number of nitrogens with zero attached hydrogens (tertiary/aromatic N) is 2. The Labute approximate surface area is 137 Å². The van der Waals surface area contributed by atoms with Crippen LogP contribution in [-0.2, 0) is 16.1 Å². The van der Waals surface area contributed by atoms with Crippen molar-refractivity contribution in [3.05, 3.63) is 24.0 Å². The van der Waals surface area contributed by atoms with Gasteiger partial charge in [-0.1, -0.05) is 0 Å². The van der Waals surface area contributed by atoms with Crippen molar-refractivity contribution in [2.45, 2.75) is 31.3 Å². The second-order valence-corrected chi connectivity index (χ2v) is 5.65. The number of carbonyl (C=O) groups is 1. The third-order valence-electron chi connectivity index (χ3n) is 3.86. The molecule has 2 heterocycles. The fourth-order valence-electron chi connectivity index (χ4n) is 2.57. The summed E-state index contributed by atoms with van der Waals surface area (Å²) in [6.07, 6.45) is -1.22. The van der Waals surface area contributed by atoms with E-state index in [2.05, 4.69) is 10.3 Å². The number of likely N-dealkylation sites (tertiary alicyclic amines) is 1. The van der Waals surface area contributed by atoms with Crippen LogP contribution in [0.5, 0.6) is 5.75 Å². The molecule has 1 fully saturated rings. The summed E-state index contributed by atoms with van der Waals surface area (Å²) in [5.41, 5.74) is 0.437. The minimum atomic E-state index is -4.43. The molecule has 1 saturated heterocycles. The summed E-state index contributed by atoms with van der Waals surface area (Å²) in [6.45, 7) is -0.680. The van der Waals surface area contributed by atoms with Crippen LogP contribution in [0.15, 0.2) is 18.5 Å². The second-order valence-electron chi connectivity index (χ2n) is 5.65. The highest BCUT2D eigenvalue weighted by Gasteiger charge is 2.34. The van der Waals surface area contributed by atoms with Crippen molar-refractivity contribution in [1.82, 2.24) is 15.2 Å². The third-order valence-corrected chi connectivity index (χ3v) is 3.86. The lowest BCUT2D eigenvalue weighted by molar-refractivity contribution is -0.153. The molecule has 2 rings (SSSR count). The number of pyridine rings is 1. The number of ether oxygens (including phenoxy) is 2. The van der Waals surface area contributed by atoms with Crippen LogP contribution in [0.3, 0.4) is 0 Å². The predicted molar refractivity (Wildman–Crippen MR) is 79.5 cm³/mol. The maximum absolute atomic E-state index is 12.3. The first-order valence-electron chi connectivity index (χ1n) is 7.43. The van der Waals surface area contributed by atoms with E-state index >= 15 is 0 Å². The van der Waals surface area contributed by atoms with Gasteiger partial charge in [-0.15, -0.1) is 0 Å². The molecule has 2 atom stereocenters. The topological polar surface area (TPSA) is 63.7 Å². The van der Waals surface area contributed by atoms with E-state index in [9.17, 15) is 18.0 Å². The number of aromatic nitrogens is 1. The standard InChI is InChI=1S/C15H20F3N3O3/c1-21-8-11(23-2)5-12(21)14(22)20-6-10-3-4-19-7-13(10)24-9-15(16,17)18/h3-4,7,11-12H,5-6,8-9H2,1-2H3,(H,20,22)/t11-,12-/m0/s1. The molecule has 24 heavy (non-hydrogen) atoms. The first-order chi connectivity index (χ1) is 11.3. The fourth-order valence-corrected chi connectivity index (χ4v) is 2.57. The Kier molecular flexibility index (Phi) is 6.00. The van der Waals surface area contributed by atoms with Gasteiger partial charge in [0.15, 0.2) is 6.61 Å². The number of amides is 1. The largest absolute Gasteiger partial charge is 0.482 e. The molecule has 9 heteroatoms. The van der Waals surface area contributed by atoms with Crippen molar-refractivity contribution in [3.63, 3.8) is 0 Å². The van der Waals surface area contributed by atoms with Gasteiger partial charge in [-0.3, -0.25) is 14.7 Å². The van der Waals surface area contributed by atoms with Crippen LogP contribution in [0.4, 0.5) is 13.2 Å². The van der Waals surface area contributed by atoms with Gasteiger partial charge in [0.2, 0.25) is 5.91 Å². The maximum atomic E-state index is 12.3. The fraction of sp³-hybridized carbons (Fsp3) is 0.600. The number of carbonyl (C=O) groups excluding carboxylic acids is 1. The molecule has 0 radical (unpaired) electrons. The predicted octanol–water partition coefficient (Wildman–Crippen LogP) is 1.36. The van der Waals surface area contributed by atoms with E-state index in [1.165, 1.54) is 18.5 Å². The van der Waals surface area contributed by atoms with Gasteiger partial charge in [0.05, 0.1) is 18.3 Å². The van der Waals surface area contributed by atoms with Crippen LogP contribution in [0.2, 0.25) is 0 Å². The molecular formula is C15H20F3N3O3. The summed E-state index contributed by atoms with van der Waals surface area (Å²) in [6, 6.07) is 1.19. The molecule has 6 nitrogen and oxygen atoms in total. The number of methoxy groups -OCH3 is 1. The lowest BCUT2D eigenvalue weighted by Crippen LogP contribution is -2.41. The van der Waals surface area contributed by atoms with E-state index in [0.29, 0.717) is 18.5 Å². The van der Waals surface area contributed by atoms with E-state index < -0.39 is 12.8 Å². The number of rotatable bonds is 6. The molecule has 1 aliphatic heterocycles. The Bertz CT molecular complexity index is 568. The molecule has 1 N–H and O–H groups in total. The highest BCUT2D eigenvalue weighted by atomic mass is 19.4. The molecule has 1 aromatic heterocycles. The van der Waals surface area contributed by atoms with Crippen LogP contribution < -0.4 is 10.1 Å². The Morgan fingerprint density at radius 2 is 2.25 bits per heavy atom. The first kappa shape index (κ1) is 18.5. The van der Waals surface area contributed by atoms with Crippen molar-refractivity contribution in [2.75, 3.05) is 27.3 Å². The SMILES string of the molecule is CO[C@H]1C[C@@H](C(=O)NCc2ccncc2OCC(F)(F)F)N(C)C1. The minimum Gasteiger partial charge on any atom is -0.482 e. The number of nitrogens with one attached hydrogen (secondary N) is 1. The van der Waals surface area contributed by atoms with Gasteiger partial charge in [-0.2, -0.15) is 13.2 Å². The smallest absolute Gasteiger partial charge is 0.422 e. The van der Waals surface area contributed by atoms with Crippen molar-refractivity contribution in [3.8, 4) is 5.75 Å². The Morgan fingerprint density at radius 3 is 2.88 bits per heavy atom. The molecule has 1 aromatic rings. The van der Waals surface area contributed by atoms with Gasteiger partial charge < -0.3 is 14.8 Å². The molecule has 134 valence electrons. The number of likely N-dealkylation sites (N-methyl/N-ethyl adjacent to an activating group) is 1. The van der Waals surface area contributed by atoms with Gasteiger partial charge in [-0.25, -0.2) is 0 Å². The van der Waals surface area contributed by atoms with Crippen LogP contribution in [0.25, 0.3) is 0 Å². The number of hydrogen-bond donors (Lipinski definition) is 1. The highest BCUT2D eigenvalue weighted by Crippen LogP contribution is 2.22. The summed E-state index contributed by atoms with van der Waals surface area (Å²) >= 11 is 0. The Hall–Kier alpha value is -1.87. The average molecular weight is 347 g/mol. The quantitative estimate of drug-likeness (QED) is 0.842. The van der Waals surface area contributed by atoms with Gasteiger partial charge in [0.1, 0.15) is 5.75 Å². The molecule has 1 aliphatic rings. The summed E-state index contributed by atoms with van der Waals surface area (Å²) in [5, 5.41) is 2.73. The van der Waals surface area contributed by atoms with Gasteiger partial charge in [0.25, 0.3) is 0 Å². The molecule has 0 aromatic carbocycles. The van der Waals surface area contributed by atoms with E-state index in [1.807, 2.05) is 11.9 Å². The Balaban J connectivity index is 1.93. The molecule has 1 amide bonds. The van der Waals surface area contributed by atoms with Gasteiger partial charge in [0, 0.05) is 32.0 Å². The van der Waals surface area contributed by atoms with Crippen molar-refractivity contribution < 1.29 is 27.4 Å². The first-order valence-corrected chi connectivity index (χ1v) is 7.43. The van der Waals surface area contributed by atoms with Crippen LogP contribution in [-0.4, -0.2) is 61.4 Å². The van der Waals surface area contributed by atoms with Crippen molar-refractivity contribution in [1.29, 1.82) is 0 Å². The van der Waals surface area contributed by atoms with Gasteiger partial charge in [-0.05, 0) is 19.5 Å². The monoisotopic (exact) mass is 347 g/mol. The van der Waals surface area contributed by atoms with Crippen LogP contribution in [0, 0.1) is 0 Å². The Morgan fingerprint density at radius 1 is 1.50 bits per heavy atom. The normalized spacial score (nSPS) is 21.7. The summed E-state index contributed by atoms with van der Waals surface area (Å²) in [5.74, 6) is -0.194. The van der Waals surface area contributed by atoms with E-state index in [0.717, 1.165) is 0 Å². The summed E-state index contributed by atoms with van der Waals surface area (Å²) in [7, 11) is 3.42. The van der Waals surface area contributed by atoms with E-state index in [-0.39, 0.29) is 30.3 Å². The van der Waals surface area contributed by atoms with E-state index in [4.69, 9.17) is 9.47 Å². The second kappa shape index (κ2) is 7.80. The molecule has 0 bridgehead atoms. The highest BCUT2D eigenvalue weighted by molar-refractivity contribution is 5.82. The lowest BCUT2D eigenvalue weighted by atomic mass is 10.1. The number of halogens is 3. The zero-order valence-corrected chi connectivity index (χ0v) is 13.5. The molecule has 0 unspecified atom stereocenters. The molecule has 0 spiro atoms. The minimum absolute atomic E-state index is 0.00245. The maximum Gasteiger partial charge on any atom is 0.422 e. The van der Waals surface area contributed by atoms with Crippen LogP contribution in [0.1, 0.15) is 12.0 Å². The number of alkyl halides is 3. The molecule has 0 aliphatic carbocycles. The zero-order valence-electron chi connectivity index (χ0n) is 13.5. The summed E-state index contributed by atoms with van der Waals surface area (Å²) in [4.78, 5) is 17.9. The molecular weight excluding hydrogens is 327 g/mol. The lowest BCUT2D eigenvalue weighted by Gasteiger charge is -2.19. The zero-order chi connectivity index (χ0) is 17.7. The van der Waals surface area contributed by atoms with E-state index in [1.54, 1.807) is 7.11 Å². The molecule has 0 saturated carbocycles. The number of hydrogen-bond acceptors (Lipinski definition) is 5.